The summed E-state index contributed by atoms with van der Waals surface area (Å²) in [4.78, 5) is 18.7. The predicted octanol–water partition coefficient (Wildman–Crippen LogP) is 3.25. The SMILES string of the molecule is Cc1ccc(C(=O)N2CC(N3CCc4sccc4C3)C2)c(C)c1. The number of hydrogen-bond acceptors (Lipinski definition) is 3. The van der Waals surface area contributed by atoms with Crippen molar-refractivity contribution in [3.05, 3.63) is 56.8 Å². The average molecular weight is 326 g/mol. The zero-order valence-electron chi connectivity index (χ0n) is 13.7. The molecule has 0 unspecified atom stereocenters. The number of aryl methyl sites for hydroxylation is 2. The second kappa shape index (κ2) is 5.77. The van der Waals surface area contributed by atoms with Gasteiger partial charge in [0.25, 0.3) is 5.91 Å². The van der Waals surface area contributed by atoms with E-state index in [1.54, 1.807) is 4.88 Å². The molecule has 0 radical (unpaired) electrons. The van der Waals surface area contributed by atoms with E-state index >= 15 is 0 Å². The van der Waals surface area contributed by atoms with Crippen LogP contribution < -0.4 is 0 Å². The van der Waals surface area contributed by atoms with E-state index in [2.05, 4.69) is 29.3 Å². The van der Waals surface area contributed by atoms with Gasteiger partial charge in [0, 0.05) is 42.7 Å². The summed E-state index contributed by atoms with van der Waals surface area (Å²) in [6.07, 6.45) is 1.16. The Morgan fingerprint density at radius 3 is 2.83 bits per heavy atom. The number of hydrogen-bond donors (Lipinski definition) is 0. The van der Waals surface area contributed by atoms with Crippen LogP contribution in [0, 0.1) is 13.8 Å². The molecule has 23 heavy (non-hydrogen) atoms. The first-order chi connectivity index (χ1) is 11.1. The van der Waals surface area contributed by atoms with E-state index in [9.17, 15) is 4.79 Å². The van der Waals surface area contributed by atoms with Gasteiger partial charge in [-0.25, -0.2) is 0 Å². The van der Waals surface area contributed by atoms with Gasteiger partial charge in [-0.1, -0.05) is 17.7 Å². The zero-order chi connectivity index (χ0) is 16.0. The molecule has 2 aliphatic heterocycles. The summed E-state index contributed by atoms with van der Waals surface area (Å²) in [5, 5.41) is 2.20. The maximum Gasteiger partial charge on any atom is 0.254 e. The Balaban J connectivity index is 1.39. The molecule has 1 aromatic carbocycles. The van der Waals surface area contributed by atoms with Gasteiger partial charge in [0.1, 0.15) is 0 Å². The van der Waals surface area contributed by atoms with Crippen molar-refractivity contribution in [1.82, 2.24) is 9.80 Å². The molecule has 3 nitrogen and oxygen atoms in total. The number of carbonyl (C=O) groups excluding carboxylic acids is 1. The molecule has 1 amide bonds. The Morgan fingerprint density at radius 1 is 1.22 bits per heavy atom. The number of thiophene rings is 1. The number of carbonyl (C=O) groups is 1. The van der Waals surface area contributed by atoms with E-state index in [1.165, 1.54) is 11.1 Å². The van der Waals surface area contributed by atoms with Crippen LogP contribution in [0.15, 0.2) is 29.6 Å². The molecule has 3 heterocycles. The molecule has 1 fully saturated rings. The van der Waals surface area contributed by atoms with Crippen molar-refractivity contribution in [1.29, 1.82) is 0 Å². The van der Waals surface area contributed by atoms with Crippen molar-refractivity contribution in [2.45, 2.75) is 32.9 Å². The normalized spacial score (nSPS) is 18.6. The highest BCUT2D eigenvalue weighted by atomic mass is 32.1. The number of nitrogens with zero attached hydrogens (tertiary/aromatic N) is 2. The monoisotopic (exact) mass is 326 g/mol. The van der Waals surface area contributed by atoms with Crippen LogP contribution >= 0.6 is 11.3 Å². The quantitative estimate of drug-likeness (QED) is 0.846. The van der Waals surface area contributed by atoms with E-state index in [0.717, 1.165) is 43.7 Å². The van der Waals surface area contributed by atoms with E-state index in [4.69, 9.17) is 0 Å². The highest BCUT2D eigenvalue weighted by molar-refractivity contribution is 7.10. The fourth-order valence-electron chi connectivity index (χ4n) is 3.66. The van der Waals surface area contributed by atoms with Crippen LogP contribution in [0.4, 0.5) is 0 Å². The lowest BCUT2D eigenvalue weighted by atomic mass is 9.99. The van der Waals surface area contributed by atoms with Crippen molar-refractivity contribution in [3.63, 3.8) is 0 Å². The summed E-state index contributed by atoms with van der Waals surface area (Å²) in [5.41, 5.74) is 4.63. The van der Waals surface area contributed by atoms with E-state index in [1.807, 2.05) is 35.3 Å². The lowest BCUT2D eigenvalue weighted by Crippen LogP contribution is -2.61. The van der Waals surface area contributed by atoms with Crippen LogP contribution in [0.1, 0.15) is 31.9 Å². The van der Waals surface area contributed by atoms with Gasteiger partial charge in [-0.05, 0) is 48.9 Å². The summed E-state index contributed by atoms with van der Waals surface area (Å²) in [6, 6.07) is 8.87. The maximum atomic E-state index is 12.7. The second-order valence-electron chi connectivity index (χ2n) is 6.77. The fraction of sp³-hybridized carbons (Fsp3) is 0.421. The van der Waals surface area contributed by atoms with Crippen molar-refractivity contribution >= 4 is 17.2 Å². The first-order valence-electron chi connectivity index (χ1n) is 8.27. The van der Waals surface area contributed by atoms with Crippen molar-refractivity contribution < 1.29 is 4.79 Å². The first kappa shape index (κ1) is 14.9. The van der Waals surface area contributed by atoms with Gasteiger partial charge < -0.3 is 4.90 Å². The molecule has 0 spiro atoms. The molecule has 4 heteroatoms. The predicted molar refractivity (Wildman–Crippen MR) is 94.0 cm³/mol. The molecule has 0 N–H and O–H groups in total. The third-order valence-corrected chi connectivity index (χ3v) is 6.14. The first-order valence-corrected chi connectivity index (χ1v) is 9.15. The molecule has 120 valence electrons. The highest BCUT2D eigenvalue weighted by Gasteiger charge is 2.36. The Kier molecular flexibility index (Phi) is 3.74. The van der Waals surface area contributed by atoms with Crippen LogP contribution in [0.2, 0.25) is 0 Å². The Hall–Kier alpha value is -1.65. The molecule has 2 aromatic rings. The van der Waals surface area contributed by atoms with Crippen molar-refractivity contribution in [2.24, 2.45) is 0 Å². The average Bonchev–Trinajstić information content (AvgIpc) is 2.93. The van der Waals surface area contributed by atoms with E-state index in [-0.39, 0.29) is 5.91 Å². The molecule has 0 saturated carbocycles. The fourth-order valence-corrected chi connectivity index (χ4v) is 4.55. The summed E-state index contributed by atoms with van der Waals surface area (Å²) in [7, 11) is 0. The van der Waals surface area contributed by atoms with Crippen LogP contribution in [-0.4, -0.2) is 41.4 Å². The number of benzene rings is 1. The summed E-state index contributed by atoms with van der Waals surface area (Å²) in [6.45, 7) is 8.01. The third kappa shape index (κ3) is 2.70. The number of amides is 1. The summed E-state index contributed by atoms with van der Waals surface area (Å²) < 4.78 is 0. The lowest BCUT2D eigenvalue weighted by Gasteiger charge is -2.46. The molecular weight excluding hydrogens is 304 g/mol. The molecule has 2 aliphatic rings. The van der Waals surface area contributed by atoms with Crippen LogP contribution in [0.5, 0.6) is 0 Å². The Morgan fingerprint density at radius 2 is 2.04 bits per heavy atom. The second-order valence-corrected chi connectivity index (χ2v) is 7.77. The van der Waals surface area contributed by atoms with Gasteiger partial charge in [0.2, 0.25) is 0 Å². The van der Waals surface area contributed by atoms with Crippen LogP contribution in [0.25, 0.3) is 0 Å². The Labute approximate surface area is 141 Å². The summed E-state index contributed by atoms with van der Waals surface area (Å²) >= 11 is 1.88. The topological polar surface area (TPSA) is 23.6 Å². The zero-order valence-corrected chi connectivity index (χ0v) is 14.5. The minimum Gasteiger partial charge on any atom is -0.335 e. The van der Waals surface area contributed by atoms with Crippen LogP contribution in [0.3, 0.4) is 0 Å². The van der Waals surface area contributed by atoms with Gasteiger partial charge >= 0.3 is 0 Å². The van der Waals surface area contributed by atoms with Gasteiger partial charge in [0.05, 0.1) is 0 Å². The van der Waals surface area contributed by atoms with Gasteiger partial charge in [0.15, 0.2) is 0 Å². The smallest absolute Gasteiger partial charge is 0.254 e. The largest absolute Gasteiger partial charge is 0.335 e. The minimum absolute atomic E-state index is 0.187. The van der Waals surface area contributed by atoms with Crippen LogP contribution in [-0.2, 0) is 13.0 Å². The van der Waals surface area contributed by atoms with E-state index < -0.39 is 0 Å². The number of likely N-dealkylation sites (tertiary alicyclic amines) is 1. The third-order valence-electron chi connectivity index (χ3n) is 5.12. The van der Waals surface area contributed by atoms with Crippen molar-refractivity contribution in [2.75, 3.05) is 19.6 Å². The molecular formula is C19H22N2OS. The molecule has 0 bridgehead atoms. The number of fused-ring (bicyclic) bond motifs is 1. The number of rotatable bonds is 2. The minimum atomic E-state index is 0.187. The molecule has 1 aromatic heterocycles. The standard InChI is InChI=1S/C19H22N2OS/c1-13-3-4-17(14(2)9-13)19(22)21-11-16(12-21)20-7-5-18-15(10-20)6-8-23-18/h3-4,6,8-9,16H,5,7,10-12H2,1-2H3. The maximum absolute atomic E-state index is 12.7. The van der Waals surface area contributed by atoms with Crippen molar-refractivity contribution in [3.8, 4) is 0 Å². The molecule has 4 rings (SSSR count). The highest BCUT2D eigenvalue weighted by Crippen LogP contribution is 2.28. The molecule has 1 saturated heterocycles. The molecule has 0 aliphatic carbocycles. The summed E-state index contributed by atoms with van der Waals surface area (Å²) in [5.74, 6) is 0.187. The van der Waals surface area contributed by atoms with Gasteiger partial charge in [-0.15, -0.1) is 11.3 Å². The van der Waals surface area contributed by atoms with E-state index in [0.29, 0.717) is 6.04 Å². The van der Waals surface area contributed by atoms with Gasteiger partial charge in [-0.3, -0.25) is 9.69 Å². The molecule has 0 atom stereocenters. The Bertz CT molecular complexity index is 746. The lowest BCUT2D eigenvalue weighted by molar-refractivity contribution is 0.0220. The van der Waals surface area contributed by atoms with Gasteiger partial charge in [-0.2, -0.15) is 0 Å².